The lowest BCUT2D eigenvalue weighted by atomic mass is 9.64. The van der Waals surface area contributed by atoms with Crippen LogP contribution in [0.25, 0.3) is 0 Å². The number of rotatable bonds is 9. The van der Waals surface area contributed by atoms with Crippen LogP contribution in [-0.4, -0.2) is 55.2 Å². The highest BCUT2D eigenvalue weighted by Gasteiger charge is 2.77. The molecule has 38 heavy (non-hydrogen) atoms. The first kappa shape index (κ1) is 27.2. The van der Waals surface area contributed by atoms with Crippen LogP contribution < -0.4 is 0 Å². The van der Waals surface area contributed by atoms with Gasteiger partial charge in [-0.3, -0.25) is 4.79 Å². The van der Waals surface area contributed by atoms with Crippen LogP contribution >= 0.6 is 0 Å². The van der Waals surface area contributed by atoms with Crippen LogP contribution in [0.5, 0.6) is 0 Å². The van der Waals surface area contributed by atoms with Crippen LogP contribution in [0.4, 0.5) is 0 Å². The molecule has 1 saturated heterocycles. The molecule has 8 nitrogen and oxygen atoms in total. The molecular weight excluding hydrogens is 506 g/mol. The van der Waals surface area contributed by atoms with Gasteiger partial charge in [-0.1, -0.05) is 78.4 Å². The van der Waals surface area contributed by atoms with Gasteiger partial charge in [-0.2, -0.15) is 4.31 Å². The first-order valence-electron chi connectivity index (χ1n) is 12.3. The Hall–Kier alpha value is -3.82. The Morgan fingerprint density at radius 1 is 0.789 bits per heavy atom. The fraction of sp³-hybridized carbons (Fsp3) is 0.276. The highest BCUT2D eigenvalue weighted by Crippen LogP contribution is 2.54. The van der Waals surface area contributed by atoms with Crippen LogP contribution in [0.15, 0.2) is 89.8 Å². The molecule has 0 N–H and O–H groups in total. The summed E-state index contributed by atoms with van der Waals surface area (Å²) in [4.78, 5) is 41.3. The number of hydrogen-bond acceptors (Lipinski definition) is 7. The van der Waals surface area contributed by atoms with E-state index in [0.29, 0.717) is 9.87 Å². The van der Waals surface area contributed by atoms with Crippen LogP contribution in [0.1, 0.15) is 41.3 Å². The average molecular weight is 536 g/mol. The number of carbonyl (C=O) groups excluding carboxylic acids is 3. The molecule has 0 bridgehead atoms. The molecule has 1 aliphatic heterocycles. The number of nitrogens with zero attached hydrogens (tertiary/aromatic N) is 1. The molecule has 1 heterocycles. The number of Topliss-reactive ketones (excluding diaryl/α,β-unsaturated/α-hetero) is 1. The van der Waals surface area contributed by atoms with E-state index in [4.69, 9.17) is 9.47 Å². The number of hydrogen-bond donors (Lipinski definition) is 0. The molecule has 0 aromatic heterocycles. The number of benzene rings is 3. The van der Waals surface area contributed by atoms with Gasteiger partial charge in [-0.05, 0) is 38.5 Å². The molecular formula is C29H29NO7S. The van der Waals surface area contributed by atoms with Crippen molar-refractivity contribution in [3.8, 4) is 0 Å². The number of ether oxygens (including phenoxy) is 2. The Balaban J connectivity index is 2.04. The van der Waals surface area contributed by atoms with E-state index in [-0.39, 0.29) is 23.7 Å². The van der Waals surface area contributed by atoms with Gasteiger partial charge in [0.05, 0.1) is 18.1 Å². The number of sulfonamides is 1. The number of esters is 2. The van der Waals surface area contributed by atoms with Crippen LogP contribution in [0, 0.1) is 6.92 Å². The van der Waals surface area contributed by atoms with E-state index in [9.17, 15) is 22.8 Å². The van der Waals surface area contributed by atoms with E-state index in [2.05, 4.69) is 0 Å². The predicted octanol–water partition coefficient (Wildman–Crippen LogP) is 3.90. The monoisotopic (exact) mass is 535 g/mol. The Bertz CT molecular complexity index is 1400. The molecule has 0 radical (unpaired) electrons. The SMILES string of the molecule is CCOC(=O)C1(C(=O)OCC)[C@H](c2ccccc2)[C@@H](C(=O)c2ccccc2)N1S(=O)(=O)c1ccc(C)cc1. The smallest absolute Gasteiger partial charge is 0.340 e. The van der Waals surface area contributed by atoms with Gasteiger partial charge in [-0.25, -0.2) is 18.0 Å². The molecule has 3 aromatic carbocycles. The summed E-state index contributed by atoms with van der Waals surface area (Å²) in [6.45, 7) is 4.68. The molecule has 9 heteroatoms. The van der Waals surface area contributed by atoms with Gasteiger partial charge in [0.15, 0.2) is 5.78 Å². The number of ketones is 1. The normalized spacial score (nSPS) is 18.7. The summed E-state index contributed by atoms with van der Waals surface area (Å²) in [5.74, 6) is -3.95. The summed E-state index contributed by atoms with van der Waals surface area (Å²) in [6, 6.07) is 21.2. The molecule has 0 unspecified atom stereocenters. The van der Waals surface area contributed by atoms with Gasteiger partial charge in [0.25, 0.3) is 0 Å². The minimum absolute atomic E-state index is 0.114. The first-order valence-corrected chi connectivity index (χ1v) is 13.7. The van der Waals surface area contributed by atoms with Crippen molar-refractivity contribution in [1.29, 1.82) is 0 Å². The third kappa shape index (κ3) is 4.41. The second-order valence-corrected chi connectivity index (χ2v) is 10.7. The molecule has 0 spiro atoms. The van der Waals surface area contributed by atoms with Crippen molar-refractivity contribution in [3.05, 3.63) is 102 Å². The lowest BCUT2D eigenvalue weighted by Gasteiger charge is -2.57. The molecule has 0 saturated carbocycles. The summed E-state index contributed by atoms with van der Waals surface area (Å²) in [5.41, 5.74) is -0.970. The molecule has 198 valence electrons. The summed E-state index contributed by atoms with van der Waals surface area (Å²) in [6.07, 6.45) is 0. The van der Waals surface area contributed by atoms with Gasteiger partial charge in [0.2, 0.25) is 15.6 Å². The molecule has 0 amide bonds. The van der Waals surface area contributed by atoms with Crippen molar-refractivity contribution in [1.82, 2.24) is 4.31 Å². The fourth-order valence-corrected chi connectivity index (χ4v) is 6.78. The van der Waals surface area contributed by atoms with E-state index in [1.54, 1.807) is 93.6 Å². The molecule has 2 atom stereocenters. The zero-order valence-electron chi connectivity index (χ0n) is 21.4. The van der Waals surface area contributed by atoms with E-state index in [1.807, 2.05) is 0 Å². The highest BCUT2D eigenvalue weighted by atomic mass is 32.2. The van der Waals surface area contributed by atoms with Crippen molar-refractivity contribution in [3.63, 3.8) is 0 Å². The van der Waals surface area contributed by atoms with Gasteiger partial charge in [0.1, 0.15) is 6.04 Å². The highest BCUT2D eigenvalue weighted by molar-refractivity contribution is 7.89. The minimum Gasteiger partial charge on any atom is -0.464 e. The van der Waals surface area contributed by atoms with Gasteiger partial charge >= 0.3 is 11.9 Å². The molecule has 1 aliphatic rings. The van der Waals surface area contributed by atoms with E-state index < -0.39 is 45.2 Å². The van der Waals surface area contributed by atoms with Crippen LogP contribution in [0.3, 0.4) is 0 Å². The van der Waals surface area contributed by atoms with Crippen LogP contribution in [-0.2, 0) is 29.1 Å². The summed E-state index contributed by atoms with van der Waals surface area (Å²) < 4.78 is 39.8. The van der Waals surface area contributed by atoms with Crippen molar-refractivity contribution < 1.29 is 32.3 Å². The number of carbonyl (C=O) groups is 3. The van der Waals surface area contributed by atoms with Gasteiger partial charge in [0, 0.05) is 11.5 Å². The Morgan fingerprint density at radius 3 is 1.79 bits per heavy atom. The van der Waals surface area contributed by atoms with Crippen molar-refractivity contribution in [2.24, 2.45) is 0 Å². The average Bonchev–Trinajstić information content (AvgIpc) is 2.90. The molecule has 3 aromatic rings. The predicted molar refractivity (Wildman–Crippen MR) is 140 cm³/mol. The molecule has 4 rings (SSSR count). The quantitative estimate of drug-likeness (QED) is 0.232. The largest absolute Gasteiger partial charge is 0.464 e. The maximum atomic E-state index is 14.2. The topological polar surface area (TPSA) is 107 Å². The van der Waals surface area contributed by atoms with E-state index in [1.165, 1.54) is 12.1 Å². The molecule has 0 aliphatic carbocycles. The van der Waals surface area contributed by atoms with Gasteiger partial charge < -0.3 is 9.47 Å². The molecule has 1 fully saturated rings. The van der Waals surface area contributed by atoms with E-state index >= 15 is 0 Å². The lowest BCUT2D eigenvalue weighted by Crippen LogP contribution is -2.81. The summed E-state index contributed by atoms with van der Waals surface area (Å²) >= 11 is 0. The number of aryl methyl sites for hydroxylation is 1. The maximum absolute atomic E-state index is 14.2. The third-order valence-corrected chi connectivity index (χ3v) is 8.50. The zero-order valence-corrected chi connectivity index (χ0v) is 22.2. The lowest BCUT2D eigenvalue weighted by molar-refractivity contribution is -0.185. The van der Waals surface area contributed by atoms with E-state index in [0.717, 1.165) is 5.56 Å². The van der Waals surface area contributed by atoms with Crippen molar-refractivity contribution in [2.45, 2.75) is 43.2 Å². The standard InChI is InChI=1S/C29H29NO7S/c1-4-36-27(32)29(28(33)37-5-2)24(21-12-8-6-9-13-21)25(26(31)22-14-10-7-11-15-22)30(29)38(34,35)23-18-16-20(3)17-19-23/h6-19,24-25H,4-5H2,1-3H3/t24-,25+/m1/s1. The zero-order chi connectivity index (χ0) is 27.5. The first-order chi connectivity index (χ1) is 18.2. The second kappa shape index (κ2) is 10.9. The van der Waals surface area contributed by atoms with Crippen molar-refractivity contribution in [2.75, 3.05) is 13.2 Å². The summed E-state index contributed by atoms with van der Waals surface area (Å²) in [7, 11) is -4.59. The Morgan fingerprint density at radius 2 is 1.29 bits per heavy atom. The van der Waals surface area contributed by atoms with Gasteiger partial charge in [-0.15, -0.1) is 0 Å². The maximum Gasteiger partial charge on any atom is 0.340 e. The van der Waals surface area contributed by atoms with Crippen molar-refractivity contribution >= 4 is 27.7 Å². The fourth-order valence-electron chi connectivity index (χ4n) is 4.92. The third-order valence-electron chi connectivity index (χ3n) is 6.60. The second-order valence-electron chi connectivity index (χ2n) is 8.88. The summed E-state index contributed by atoms with van der Waals surface area (Å²) in [5, 5.41) is 0. The van der Waals surface area contributed by atoms with Crippen LogP contribution in [0.2, 0.25) is 0 Å². The Kier molecular flexibility index (Phi) is 7.80. The Labute approximate surface area is 222 Å². The minimum atomic E-state index is -4.59.